The minimum atomic E-state index is -0.591. The summed E-state index contributed by atoms with van der Waals surface area (Å²) in [5.41, 5.74) is 2.88. The van der Waals surface area contributed by atoms with Gasteiger partial charge in [0.25, 0.3) is 5.56 Å². The van der Waals surface area contributed by atoms with Gasteiger partial charge < -0.3 is 4.90 Å². The first kappa shape index (κ1) is 16.4. The van der Waals surface area contributed by atoms with Gasteiger partial charge in [-0.3, -0.25) is 9.59 Å². The van der Waals surface area contributed by atoms with Crippen LogP contribution >= 0.6 is 0 Å². The van der Waals surface area contributed by atoms with Gasteiger partial charge in [-0.15, -0.1) is 0 Å². The van der Waals surface area contributed by atoms with Gasteiger partial charge in [0.05, 0.1) is 5.69 Å². The van der Waals surface area contributed by atoms with E-state index in [1.807, 2.05) is 37.3 Å². The van der Waals surface area contributed by atoms with Crippen LogP contribution in [0.15, 0.2) is 41.2 Å². The van der Waals surface area contributed by atoms with Gasteiger partial charge in [0.2, 0.25) is 5.91 Å². The van der Waals surface area contributed by atoms with E-state index in [0.717, 1.165) is 36.1 Å². The van der Waals surface area contributed by atoms with Crippen LogP contribution in [-0.2, 0) is 24.2 Å². The molecule has 1 aliphatic rings. The standard InChI is InChI=1S/C19H23N3O2/c1-3-21(13-15-8-5-4-6-9-15)19(24)14(2)22-18(23)12-16-10-7-11-17(16)20-22/h4-6,8-9,12,14H,3,7,10-11,13H2,1-2H3. The molecule has 0 bridgehead atoms. The second-order valence-electron chi connectivity index (χ2n) is 6.27. The minimum absolute atomic E-state index is 0.0751. The first-order chi connectivity index (χ1) is 11.6. The molecular weight excluding hydrogens is 302 g/mol. The summed E-state index contributed by atoms with van der Waals surface area (Å²) < 4.78 is 1.35. The number of aromatic nitrogens is 2. The molecule has 0 saturated carbocycles. The SMILES string of the molecule is CCN(Cc1ccccc1)C(=O)C(C)n1nc2c(cc1=O)CCC2. The molecule has 0 aliphatic heterocycles. The Morgan fingerprint density at radius 1 is 1.29 bits per heavy atom. The number of rotatable bonds is 5. The highest BCUT2D eigenvalue weighted by atomic mass is 16.2. The number of fused-ring (bicyclic) bond motifs is 1. The van der Waals surface area contributed by atoms with Crippen molar-refractivity contribution in [3.63, 3.8) is 0 Å². The van der Waals surface area contributed by atoms with Crippen molar-refractivity contribution in [1.29, 1.82) is 0 Å². The Kier molecular flexibility index (Phi) is 4.79. The summed E-state index contributed by atoms with van der Waals surface area (Å²) in [5.74, 6) is -0.0751. The monoisotopic (exact) mass is 325 g/mol. The molecule has 24 heavy (non-hydrogen) atoms. The quantitative estimate of drug-likeness (QED) is 0.848. The van der Waals surface area contributed by atoms with Crippen LogP contribution < -0.4 is 5.56 Å². The lowest BCUT2D eigenvalue weighted by atomic mass is 10.2. The third-order valence-corrected chi connectivity index (χ3v) is 4.62. The summed E-state index contributed by atoms with van der Waals surface area (Å²) >= 11 is 0. The zero-order valence-corrected chi connectivity index (χ0v) is 14.2. The molecule has 0 fully saturated rings. The Bertz CT molecular complexity index is 783. The van der Waals surface area contributed by atoms with E-state index in [-0.39, 0.29) is 11.5 Å². The fraction of sp³-hybridized carbons (Fsp3) is 0.421. The number of carbonyl (C=O) groups excluding carboxylic acids is 1. The molecule has 1 amide bonds. The van der Waals surface area contributed by atoms with Crippen molar-refractivity contribution in [2.24, 2.45) is 0 Å². The molecular formula is C19H23N3O2. The van der Waals surface area contributed by atoms with Gasteiger partial charge in [0, 0.05) is 19.2 Å². The van der Waals surface area contributed by atoms with E-state index in [1.54, 1.807) is 17.9 Å². The van der Waals surface area contributed by atoms with Crippen LogP contribution in [-0.4, -0.2) is 27.1 Å². The molecule has 1 aromatic carbocycles. The summed E-state index contributed by atoms with van der Waals surface area (Å²) in [7, 11) is 0. The molecule has 5 heteroatoms. The third kappa shape index (κ3) is 3.25. The number of benzene rings is 1. The lowest BCUT2D eigenvalue weighted by Crippen LogP contribution is -2.40. The number of amides is 1. The van der Waals surface area contributed by atoms with Gasteiger partial charge in [0.1, 0.15) is 6.04 Å². The molecule has 5 nitrogen and oxygen atoms in total. The van der Waals surface area contributed by atoms with E-state index in [9.17, 15) is 9.59 Å². The molecule has 0 radical (unpaired) electrons. The molecule has 0 saturated heterocycles. The van der Waals surface area contributed by atoms with Crippen molar-refractivity contribution in [2.45, 2.75) is 45.7 Å². The maximum Gasteiger partial charge on any atom is 0.267 e. The molecule has 126 valence electrons. The predicted molar refractivity (Wildman–Crippen MR) is 92.8 cm³/mol. The Labute approximate surface area is 141 Å². The van der Waals surface area contributed by atoms with Crippen molar-refractivity contribution < 1.29 is 4.79 Å². The summed E-state index contributed by atoms with van der Waals surface area (Å²) in [6.45, 7) is 4.84. The first-order valence-corrected chi connectivity index (χ1v) is 8.54. The number of nitrogens with zero attached hydrogens (tertiary/aromatic N) is 3. The van der Waals surface area contributed by atoms with Gasteiger partial charge in [-0.1, -0.05) is 30.3 Å². The molecule has 3 rings (SSSR count). The van der Waals surface area contributed by atoms with Gasteiger partial charge >= 0.3 is 0 Å². The number of hydrogen-bond donors (Lipinski definition) is 0. The Morgan fingerprint density at radius 3 is 2.75 bits per heavy atom. The highest BCUT2D eigenvalue weighted by molar-refractivity contribution is 5.80. The van der Waals surface area contributed by atoms with Crippen molar-refractivity contribution in [3.8, 4) is 0 Å². The molecule has 0 N–H and O–H groups in total. The zero-order chi connectivity index (χ0) is 17.1. The lowest BCUT2D eigenvalue weighted by Gasteiger charge is -2.25. The molecule has 1 atom stereocenters. The maximum atomic E-state index is 12.9. The average Bonchev–Trinajstić information content (AvgIpc) is 3.05. The van der Waals surface area contributed by atoms with E-state index in [2.05, 4.69) is 5.10 Å². The number of hydrogen-bond acceptors (Lipinski definition) is 3. The van der Waals surface area contributed by atoms with Crippen LogP contribution in [0.25, 0.3) is 0 Å². The van der Waals surface area contributed by atoms with E-state index in [1.165, 1.54) is 4.68 Å². The van der Waals surface area contributed by atoms with Crippen molar-refractivity contribution in [1.82, 2.24) is 14.7 Å². The van der Waals surface area contributed by atoms with Crippen LogP contribution in [0.4, 0.5) is 0 Å². The third-order valence-electron chi connectivity index (χ3n) is 4.62. The second kappa shape index (κ2) is 6.99. The molecule has 1 heterocycles. The molecule has 1 aliphatic carbocycles. The fourth-order valence-electron chi connectivity index (χ4n) is 3.21. The lowest BCUT2D eigenvalue weighted by molar-refractivity contribution is -0.135. The summed E-state index contributed by atoms with van der Waals surface area (Å²) in [6, 6.07) is 10.9. The topological polar surface area (TPSA) is 55.2 Å². The van der Waals surface area contributed by atoms with Gasteiger partial charge in [-0.2, -0.15) is 5.10 Å². The Balaban J connectivity index is 1.82. The van der Waals surface area contributed by atoms with E-state index >= 15 is 0 Å². The maximum absolute atomic E-state index is 12.9. The largest absolute Gasteiger partial charge is 0.337 e. The summed E-state index contributed by atoms with van der Waals surface area (Å²) in [6.07, 6.45) is 2.83. The van der Waals surface area contributed by atoms with Crippen LogP contribution in [0.2, 0.25) is 0 Å². The highest BCUT2D eigenvalue weighted by Crippen LogP contribution is 2.19. The van der Waals surface area contributed by atoms with Crippen molar-refractivity contribution >= 4 is 5.91 Å². The van der Waals surface area contributed by atoms with Gasteiger partial charge in [-0.25, -0.2) is 4.68 Å². The van der Waals surface area contributed by atoms with Gasteiger partial charge in [0.15, 0.2) is 0 Å². The predicted octanol–water partition coefficient (Wildman–Crippen LogP) is 2.34. The minimum Gasteiger partial charge on any atom is -0.337 e. The van der Waals surface area contributed by atoms with Crippen LogP contribution in [0, 0.1) is 0 Å². The Morgan fingerprint density at radius 2 is 2.04 bits per heavy atom. The van der Waals surface area contributed by atoms with E-state index in [0.29, 0.717) is 13.1 Å². The molecule has 1 unspecified atom stereocenters. The van der Waals surface area contributed by atoms with Crippen LogP contribution in [0.1, 0.15) is 43.1 Å². The average molecular weight is 325 g/mol. The summed E-state index contributed by atoms with van der Waals surface area (Å²) in [5, 5.41) is 4.45. The fourth-order valence-corrected chi connectivity index (χ4v) is 3.21. The first-order valence-electron chi connectivity index (χ1n) is 8.54. The molecule has 2 aromatic rings. The van der Waals surface area contributed by atoms with Gasteiger partial charge in [-0.05, 0) is 44.2 Å². The molecule has 0 spiro atoms. The summed E-state index contributed by atoms with van der Waals surface area (Å²) in [4.78, 5) is 26.9. The Hall–Kier alpha value is -2.43. The number of likely N-dealkylation sites (N-methyl/N-ethyl adjacent to an activating group) is 1. The van der Waals surface area contributed by atoms with E-state index < -0.39 is 6.04 Å². The number of aryl methyl sites for hydroxylation is 2. The van der Waals surface area contributed by atoms with Crippen LogP contribution in [0.3, 0.4) is 0 Å². The van der Waals surface area contributed by atoms with Crippen molar-refractivity contribution in [3.05, 3.63) is 63.6 Å². The van der Waals surface area contributed by atoms with Crippen LogP contribution in [0.5, 0.6) is 0 Å². The zero-order valence-electron chi connectivity index (χ0n) is 14.2. The molecule has 1 aromatic heterocycles. The number of carbonyl (C=O) groups is 1. The normalized spacial score (nSPS) is 14.2. The van der Waals surface area contributed by atoms with E-state index in [4.69, 9.17) is 0 Å². The van der Waals surface area contributed by atoms with Crippen molar-refractivity contribution in [2.75, 3.05) is 6.54 Å². The second-order valence-corrected chi connectivity index (χ2v) is 6.27. The smallest absolute Gasteiger partial charge is 0.267 e. The highest BCUT2D eigenvalue weighted by Gasteiger charge is 2.24.